The number of fused-ring (bicyclic) bond motifs is 1. The van der Waals surface area contributed by atoms with E-state index < -0.39 is 0 Å². The van der Waals surface area contributed by atoms with Crippen LogP contribution < -0.4 is 5.32 Å². The maximum absolute atomic E-state index is 12.6. The Morgan fingerprint density at radius 1 is 1.32 bits per heavy atom. The first kappa shape index (κ1) is 14.3. The monoisotopic (exact) mass is 304 g/mol. The van der Waals surface area contributed by atoms with Crippen molar-refractivity contribution in [3.63, 3.8) is 0 Å². The van der Waals surface area contributed by atoms with Gasteiger partial charge in [-0.15, -0.1) is 0 Å². The standard InChI is InChI=1S/C17H24N2O3/c20-17(18-8-13-2-1-6-21-13)15-10-19(9-12-3-4-12)11-16-14(15)5-7-22-16/h1-2,6,12,14-16H,3-5,7-11H2,(H,18,20)/t14-,15-,16+/m0/s1. The molecule has 0 radical (unpaired) electrons. The zero-order valence-corrected chi connectivity index (χ0v) is 12.9. The van der Waals surface area contributed by atoms with Crippen LogP contribution in [0.5, 0.6) is 0 Å². The van der Waals surface area contributed by atoms with E-state index in [9.17, 15) is 4.79 Å². The van der Waals surface area contributed by atoms with Gasteiger partial charge in [-0.05, 0) is 37.3 Å². The zero-order chi connectivity index (χ0) is 14.9. The summed E-state index contributed by atoms with van der Waals surface area (Å²) in [4.78, 5) is 15.1. The molecule has 3 heterocycles. The third-order valence-electron chi connectivity index (χ3n) is 5.24. The number of hydrogen-bond donors (Lipinski definition) is 1. The number of carbonyl (C=O) groups is 1. The van der Waals surface area contributed by atoms with Crippen molar-refractivity contribution in [2.75, 3.05) is 26.2 Å². The van der Waals surface area contributed by atoms with E-state index in [0.29, 0.717) is 12.5 Å². The molecule has 1 aromatic heterocycles. The molecule has 1 N–H and O–H groups in total. The van der Waals surface area contributed by atoms with Gasteiger partial charge in [0, 0.05) is 32.2 Å². The van der Waals surface area contributed by atoms with Gasteiger partial charge in [-0.25, -0.2) is 0 Å². The van der Waals surface area contributed by atoms with Crippen LogP contribution in [0.25, 0.3) is 0 Å². The van der Waals surface area contributed by atoms with Crippen LogP contribution in [-0.4, -0.2) is 43.2 Å². The highest BCUT2D eigenvalue weighted by molar-refractivity contribution is 5.79. The zero-order valence-electron chi connectivity index (χ0n) is 12.9. The van der Waals surface area contributed by atoms with Crippen LogP contribution in [-0.2, 0) is 16.1 Å². The highest BCUT2D eigenvalue weighted by atomic mass is 16.5. The summed E-state index contributed by atoms with van der Waals surface area (Å²) in [7, 11) is 0. The van der Waals surface area contributed by atoms with Crippen LogP contribution in [0.1, 0.15) is 25.0 Å². The van der Waals surface area contributed by atoms with E-state index in [4.69, 9.17) is 9.15 Å². The Morgan fingerprint density at radius 3 is 3.00 bits per heavy atom. The Balaban J connectivity index is 1.39. The van der Waals surface area contributed by atoms with Crippen molar-refractivity contribution in [3.8, 4) is 0 Å². The molecule has 0 aromatic carbocycles. The molecule has 2 saturated heterocycles. The normalized spacial score (nSPS) is 31.9. The molecular formula is C17H24N2O3. The van der Waals surface area contributed by atoms with Gasteiger partial charge in [-0.1, -0.05) is 0 Å². The summed E-state index contributed by atoms with van der Waals surface area (Å²) in [6.07, 6.45) is 5.59. The second kappa shape index (κ2) is 6.05. The molecule has 0 spiro atoms. The first-order valence-corrected chi connectivity index (χ1v) is 8.43. The molecule has 1 aromatic rings. The molecule has 0 bridgehead atoms. The van der Waals surface area contributed by atoms with Crippen molar-refractivity contribution in [2.45, 2.75) is 31.9 Å². The van der Waals surface area contributed by atoms with Crippen LogP contribution in [0.4, 0.5) is 0 Å². The summed E-state index contributed by atoms with van der Waals surface area (Å²) in [5.41, 5.74) is 0. The first-order chi connectivity index (χ1) is 10.8. The second-order valence-electron chi connectivity index (χ2n) is 6.93. The van der Waals surface area contributed by atoms with E-state index in [1.165, 1.54) is 12.8 Å². The van der Waals surface area contributed by atoms with E-state index in [0.717, 1.165) is 44.3 Å². The van der Waals surface area contributed by atoms with Gasteiger partial charge in [-0.2, -0.15) is 0 Å². The number of nitrogens with one attached hydrogen (secondary N) is 1. The summed E-state index contributed by atoms with van der Waals surface area (Å²) in [6.45, 7) is 4.29. The van der Waals surface area contributed by atoms with Gasteiger partial charge < -0.3 is 14.5 Å². The van der Waals surface area contributed by atoms with Gasteiger partial charge in [0.2, 0.25) is 5.91 Å². The van der Waals surface area contributed by atoms with Crippen molar-refractivity contribution < 1.29 is 13.9 Å². The number of piperidine rings is 1. The predicted octanol–water partition coefficient (Wildman–Crippen LogP) is 1.64. The van der Waals surface area contributed by atoms with Crippen molar-refractivity contribution in [3.05, 3.63) is 24.2 Å². The van der Waals surface area contributed by atoms with Gasteiger partial charge in [0.05, 0.1) is 24.8 Å². The quantitative estimate of drug-likeness (QED) is 0.898. The maximum Gasteiger partial charge on any atom is 0.225 e. The topological polar surface area (TPSA) is 54.7 Å². The van der Waals surface area contributed by atoms with Gasteiger partial charge in [0.15, 0.2) is 0 Å². The Hall–Kier alpha value is -1.33. The molecule has 1 aliphatic carbocycles. The van der Waals surface area contributed by atoms with Crippen molar-refractivity contribution in [1.82, 2.24) is 10.2 Å². The molecule has 22 heavy (non-hydrogen) atoms. The molecule has 3 atom stereocenters. The first-order valence-electron chi connectivity index (χ1n) is 8.43. The minimum Gasteiger partial charge on any atom is -0.467 e. The summed E-state index contributed by atoms with van der Waals surface area (Å²) in [5.74, 6) is 2.24. The van der Waals surface area contributed by atoms with Crippen molar-refractivity contribution in [1.29, 1.82) is 0 Å². The van der Waals surface area contributed by atoms with Gasteiger partial charge >= 0.3 is 0 Å². The minimum absolute atomic E-state index is 0.0509. The van der Waals surface area contributed by atoms with Crippen molar-refractivity contribution in [2.24, 2.45) is 17.8 Å². The lowest BCUT2D eigenvalue weighted by Gasteiger charge is -2.39. The number of rotatable bonds is 5. The summed E-state index contributed by atoms with van der Waals surface area (Å²) >= 11 is 0. The molecule has 120 valence electrons. The Kier molecular flexibility index (Phi) is 3.92. The van der Waals surface area contributed by atoms with Gasteiger partial charge in [-0.3, -0.25) is 9.69 Å². The molecule has 2 aliphatic heterocycles. The Labute approximate surface area is 131 Å². The number of hydrogen-bond acceptors (Lipinski definition) is 4. The fraction of sp³-hybridized carbons (Fsp3) is 0.706. The van der Waals surface area contributed by atoms with E-state index in [2.05, 4.69) is 10.2 Å². The van der Waals surface area contributed by atoms with Crippen LogP contribution in [0.3, 0.4) is 0 Å². The molecular weight excluding hydrogens is 280 g/mol. The van der Waals surface area contributed by atoms with Crippen LogP contribution in [0, 0.1) is 17.8 Å². The number of furan rings is 1. The third kappa shape index (κ3) is 3.06. The fourth-order valence-corrected chi connectivity index (χ4v) is 3.87. The molecule has 1 saturated carbocycles. The molecule has 4 rings (SSSR count). The molecule has 0 unspecified atom stereocenters. The number of likely N-dealkylation sites (tertiary alicyclic amines) is 1. The second-order valence-corrected chi connectivity index (χ2v) is 6.93. The maximum atomic E-state index is 12.6. The molecule has 3 fully saturated rings. The fourth-order valence-electron chi connectivity index (χ4n) is 3.87. The lowest BCUT2D eigenvalue weighted by atomic mass is 9.82. The average molecular weight is 304 g/mol. The van der Waals surface area contributed by atoms with E-state index in [1.54, 1.807) is 6.26 Å². The lowest BCUT2D eigenvalue weighted by Crippen LogP contribution is -2.53. The SMILES string of the molecule is O=C(NCc1ccco1)[C@H]1CN(CC2CC2)C[C@H]2OCC[C@@H]12. The smallest absolute Gasteiger partial charge is 0.225 e. The summed E-state index contributed by atoms with van der Waals surface area (Å²) < 4.78 is 11.2. The highest BCUT2D eigenvalue weighted by Crippen LogP contribution is 2.36. The largest absolute Gasteiger partial charge is 0.467 e. The number of nitrogens with zero attached hydrogens (tertiary/aromatic N) is 1. The minimum atomic E-state index is 0.0509. The van der Waals surface area contributed by atoms with Gasteiger partial charge in [0.25, 0.3) is 0 Å². The summed E-state index contributed by atoms with van der Waals surface area (Å²) in [5, 5.41) is 3.04. The number of ether oxygens (including phenoxy) is 1. The van der Waals surface area contributed by atoms with E-state index >= 15 is 0 Å². The summed E-state index contributed by atoms with van der Waals surface area (Å²) in [6, 6.07) is 3.74. The molecule has 5 nitrogen and oxygen atoms in total. The molecule has 1 amide bonds. The number of carbonyl (C=O) groups excluding carboxylic acids is 1. The molecule has 5 heteroatoms. The van der Waals surface area contributed by atoms with Gasteiger partial charge in [0.1, 0.15) is 5.76 Å². The third-order valence-corrected chi connectivity index (χ3v) is 5.24. The Bertz CT molecular complexity index is 512. The average Bonchev–Trinajstić information content (AvgIpc) is 3.02. The van der Waals surface area contributed by atoms with Crippen LogP contribution in [0.15, 0.2) is 22.8 Å². The number of amides is 1. The van der Waals surface area contributed by atoms with Crippen LogP contribution in [0.2, 0.25) is 0 Å². The van der Waals surface area contributed by atoms with E-state index in [1.807, 2.05) is 12.1 Å². The Morgan fingerprint density at radius 2 is 2.23 bits per heavy atom. The lowest BCUT2D eigenvalue weighted by molar-refractivity contribution is -0.131. The predicted molar refractivity (Wildman–Crippen MR) is 81.1 cm³/mol. The van der Waals surface area contributed by atoms with Crippen LogP contribution >= 0.6 is 0 Å². The molecule has 3 aliphatic rings. The van der Waals surface area contributed by atoms with E-state index in [-0.39, 0.29) is 17.9 Å². The highest BCUT2D eigenvalue weighted by Gasteiger charge is 2.44. The van der Waals surface area contributed by atoms with Crippen molar-refractivity contribution >= 4 is 5.91 Å².